The van der Waals surface area contributed by atoms with Crippen molar-refractivity contribution in [2.75, 3.05) is 36.5 Å². The van der Waals surface area contributed by atoms with E-state index in [0.717, 1.165) is 17.0 Å². The van der Waals surface area contributed by atoms with Gasteiger partial charge in [-0.05, 0) is 42.7 Å². The number of piperazine rings is 1. The summed E-state index contributed by atoms with van der Waals surface area (Å²) in [6.07, 6.45) is 2.76. The summed E-state index contributed by atoms with van der Waals surface area (Å²) in [4.78, 5) is 58.1. The van der Waals surface area contributed by atoms with Crippen LogP contribution in [0.1, 0.15) is 31.0 Å². The number of aryl methyl sites for hydroxylation is 1. The van der Waals surface area contributed by atoms with Crippen molar-refractivity contribution in [3.05, 3.63) is 76.5 Å². The Labute approximate surface area is 250 Å². The van der Waals surface area contributed by atoms with E-state index in [1.807, 2.05) is 13.8 Å². The lowest BCUT2D eigenvalue weighted by Gasteiger charge is -2.40. The van der Waals surface area contributed by atoms with Crippen molar-refractivity contribution >= 4 is 34.4 Å². The number of carbonyl (C=O) groups is 2. The molecular weight excluding hydrogens is 572 g/mol. The molecule has 6 rings (SSSR count). The Balaban J connectivity index is 1.78. The Morgan fingerprint density at radius 1 is 1.14 bits per heavy atom. The van der Waals surface area contributed by atoms with Gasteiger partial charge in [-0.3, -0.25) is 14.6 Å². The molecule has 2 aliphatic heterocycles. The monoisotopic (exact) mass is 601 g/mol. The van der Waals surface area contributed by atoms with E-state index in [1.54, 1.807) is 24.1 Å². The van der Waals surface area contributed by atoms with Crippen LogP contribution in [0.4, 0.5) is 20.3 Å². The Hall–Kier alpha value is -5.20. The minimum absolute atomic E-state index is 0.00741. The maximum atomic E-state index is 16.8. The van der Waals surface area contributed by atoms with Crippen LogP contribution in [0.2, 0.25) is 0 Å². The first-order chi connectivity index (χ1) is 21.0. The quantitative estimate of drug-likeness (QED) is 0.353. The van der Waals surface area contributed by atoms with Crippen LogP contribution in [0.3, 0.4) is 0 Å². The van der Waals surface area contributed by atoms with E-state index in [0.29, 0.717) is 16.9 Å². The fourth-order valence-electron chi connectivity index (χ4n) is 6.03. The van der Waals surface area contributed by atoms with Crippen molar-refractivity contribution < 1.29 is 23.5 Å². The van der Waals surface area contributed by atoms with Gasteiger partial charge in [0.2, 0.25) is 5.91 Å². The number of anilines is 2. The minimum Gasteiger partial charge on any atom is -0.507 e. The zero-order chi connectivity index (χ0) is 31.6. The smallest absolute Gasteiger partial charge is 0.355 e. The number of carbonyl (C=O) groups excluding carboxylic acids is 2. The van der Waals surface area contributed by atoms with Gasteiger partial charge in [0.05, 0.1) is 34.6 Å². The molecule has 226 valence electrons. The van der Waals surface area contributed by atoms with Crippen molar-refractivity contribution in [3.63, 3.8) is 0 Å². The highest BCUT2D eigenvalue weighted by molar-refractivity contribution is 6.13. The Bertz CT molecular complexity index is 1940. The number of halogens is 2. The first-order valence-electron chi connectivity index (χ1n) is 14.0. The van der Waals surface area contributed by atoms with Crippen LogP contribution >= 0.6 is 0 Å². The van der Waals surface area contributed by atoms with Gasteiger partial charge < -0.3 is 19.8 Å². The van der Waals surface area contributed by atoms with Crippen LogP contribution in [0.15, 0.2) is 47.9 Å². The number of hydrogen-bond donors (Lipinski definition) is 1. The predicted octanol–water partition coefficient (Wildman–Crippen LogP) is 3.44. The molecule has 0 bridgehead atoms. The molecule has 13 heteroatoms. The average molecular weight is 602 g/mol. The lowest BCUT2D eigenvalue weighted by molar-refractivity contribution is -0.128. The third-order valence-electron chi connectivity index (χ3n) is 8.17. The molecule has 1 unspecified atom stereocenters. The van der Waals surface area contributed by atoms with Crippen LogP contribution in [0.25, 0.3) is 28.0 Å². The summed E-state index contributed by atoms with van der Waals surface area (Å²) in [5.41, 5.74) is -0.731. The van der Waals surface area contributed by atoms with Gasteiger partial charge in [-0.1, -0.05) is 26.5 Å². The van der Waals surface area contributed by atoms with Crippen molar-refractivity contribution in [1.82, 2.24) is 24.4 Å². The van der Waals surface area contributed by atoms with Crippen molar-refractivity contribution in [1.29, 1.82) is 0 Å². The number of fused-ring (bicyclic) bond motifs is 2. The average Bonchev–Trinajstić information content (AvgIpc) is 3.08. The Morgan fingerprint density at radius 2 is 1.89 bits per heavy atom. The van der Waals surface area contributed by atoms with E-state index in [1.165, 1.54) is 28.6 Å². The van der Waals surface area contributed by atoms with Gasteiger partial charge in [0.25, 0.3) is 5.91 Å². The van der Waals surface area contributed by atoms with Crippen LogP contribution in [-0.4, -0.2) is 74.1 Å². The molecule has 2 amide bonds. The van der Waals surface area contributed by atoms with Gasteiger partial charge in [0.1, 0.15) is 29.1 Å². The molecule has 3 aromatic heterocycles. The number of phenolic OH excluding ortho intramolecular Hbond substituents is 1. The van der Waals surface area contributed by atoms with E-state index in [2.05, 4.69) is 21.5 Å². The molecule has 1 fully saturated rings. The maximum Gasteiger partial charge on any atom is 0.355 e. The number of phenols is 1. The number of nitrogens with zero attached hydrogens (tertiary/aromatic N) is 7. The van der Waals surface area contributed by atoms with Crippen molar-refractivity contribution in [2.24, 2.45) is 0 Å². The third-order valence-corrected chi connectivity index (χ3v) is 8.17. The Morgan fingerprint density at radius 3 is 2.57 bits per heavy atom. The summed E-state index contributed by atoms with van der Waals surface area (Å²) in [7, 11) is 1.36. The first kappa shape index (κ1) is 28.9. The fourth-order valence-corrected chi connectivity index (χ4v) is 6.03. The van der Waals surface area contributed by atoms with E-state index in [9.17, 15) is 19.5 Å². The number of aromatic hydroxyl groups is 1. The van der Waals surface area contributed by atoms with Crippen LogP contribution in [-0.2, 0) is 9.59 Å². The first-order valence-corrected chi connectivity index (χ1v) is 14.0. The van der Waals surface area contributed by atoms with Crippen LogP contribution < -0.4 is 15.5 Å². The molecule has 5 heterocycles. The molecule has 1 N–H and O–H groups in total. The summed E-state index contributed by atoms with van der Waals surface area (Å²) >= 11 is 0. The lowest BCUT2D eigenvalue weighted by Crippen LogP contribution is -2.60. The molecule has 4 aromatic rings. The molecule has 0 radical (unpaired) electrons. The highest BCUT2D eigenvalue weighted by atomic mass is 19.1. The number of hydrogen-bond acceptors (Lipinski definition) is 8. The Kier molecular flexibility index (Phi) is 6.90. The summed E-state index contributed by atoms with van der Waals surface area (Å²) in [5, 5.41) is 10.7. The van der Waals surface area contributed by atoms with Gasteiger partial charge >= 0.3 is 5.69 Å². The van der Waals surface area contributed by atoms with Gasteiger partial charge in [0.15, 0.2) is 11.5 Å². The van der Waals surface area contributed by atoms with E-state index in [4.69, 9.17) is 0 Å². The molecule has 0 aliphatic carbocycles. The highest BCUT2D eigenvalue weighted by Gasteiger charge is 2.43. The molecule has 1 saturated heterocycles. The molecule has 0 saturated carbocycles. The highest BCUT2D eigenvalue weighted by Crippen LogP contribution is 2.44. The zero-order valence-corrected chi connectivity index (χ0v) is 24.5. The second-order valence-corrected chi connectivity index (χ2v) is 11.1. The van der Waals surface area contributed by atoms with Gasteiger partial charge in [-0.15, -0.1) is 0 Å². The number of pyridine rings is 2. The lowest BCUT2D eigenvalue weighted by atomic mass is 10.0. The molecule has 1 aromatic carbocycles. The molecule has 11 nitrogen and oxygen atoms in total. The topological polar surface area (TPSA) is 125 Å². The van der Waals surface area contributed by atoms with Gasteiger partial charge in [-0.2, -0.15) is 4.98 Å². The number of amides is 2. The second-order valence-electron chi connectivity index (χ2n) is 11.1. The van der Waals surface area contributed by atoms with Crippen LogP contribution in [0, 0.1) is 18.6 Å². The maximum absolute atomic E-state index is 16.8. The molecule has 44 heavy (non-hydrogen) atoms. The van der Waals surface area contributed by atoms with Gasteiger partial charge in [-0.25, -0.2) is 23.1 Å². The number of aromatic nitrogens is 4. The predicted molar refractivity (Wildman–Crippen MR) is 160 cm³/mol. The summed E-state index contributed by atoms with van der Waals surface area (Å²) < 4.78 is 33.2. The van der Waals surface area contributed by atoms with E-state index >= 15 is 8.78 Å². The summed E-state index contributed by atoms with van der Waals surface area (Å²) in [6, 6.07) is 4.19. The van der Waals surface area contributed by atoms with E-state index < -0.39 is 46.3 Å². The number of likely N-dealkylation sites (N-methyl/N-ethyl adjacent to an activating group) is 1. The van der Waals surface area contributed by atoms with Gasteiger partial charge in [0, 0.05) is 26.3 Å². The normalized spacial score (nSPS) is 16.4. The van der Waals surface area contributed by atoms with Crippen molar-refractivity contribution in [2.45, 2.75) is 32.7 Å². The van der Waals surface area contributed by atoms with E-state index in [-0.39, 0.29) is 54.0 Å². The third kappa shape index (κ3) is 4.21. The molecular formula is C31H29F2N7O4. The SMILES string of the molecule is C=CC(=O)N1CCN2c3nc(=O)n(-c4c(C)ccnc4C(C)C)c4nc(-c5c(O)cccc5F)c(F)c(c34)N(C)C(=O)C2C1. The number of benzene rings is 1. The standard InChI is InChI=1S/C31H29F2N7O4/c1-6-20(42)38-12-13-39-18(14-38)30(43)37(5)27-22-28(39)36-31(44)40(26-16(4)10-11-34-24(26)15(2)3)29(22)35-25(23(27)33)21-17(32)8-7-9-19(21)41/h6-11,15,18,41H,1,12-14H2,2-5H3. The molecule has 0 spiro atoms. The zero-order valence-electron chi connectivity index (χ0n) is 24.5. The van der Waals surface area contributed by atoms with Crippen molar-refractivity contribution in [3.8, 4) is 22.7 Å². The second kappa shape index (κ2) is 10.5. The largest absolute Gasteiger partial charge is 0.507 e. The molecule has 2 aliphatic rings. The summed E-state index contributed by atoms with van der Waals surface area (Å²) in [5.74, 6) is -3.73. The molecule has 1 atom stereocenters. The fraction of sp³-hybridized carbons (Fsp3) is 0.290. The minimum atomic E-state index is -1.09. The number of rotatable bonds is 4. The van der Waals surface area contributed by atoms with Crippen LogP contribution in [0.5, 0.6) is 5.75 Å². The summed E-state index contributed by atoms with van der Waals surface area (Å²) in [6.45, 7) is 9.34.